The molecule has 0 atom stereocenters. The maximum atomic E-state index is 11.1. The Labute approximate surface area is 124 Å². The summed E-state index contributed by atoms with van der Waals surface area (Å²) in [5.41, 5.74) is 1.07. The summed E-state index contributed by atoms with van der Waals surface area (Å²) in [6.07, 6.45) is 3.12. The number of rotatable bonds is 3. The molecule has 0 aliphatic rings. The Morgan fingerprint density at radius 1 is 1.29 bits per heavy atom. The number of H-pyrrole nitrogens is 1. The Kier molecular flexibility index (Phi) is 3.45. The third-order valence-electron chi connectivity index (χ3n) is 2.93. The molecule has 21 heavy (non-hydrogen) atoms. The van der Waals surface area contributed by atoms with Crippen molar-refractivity contribution in [3.05, 3.63) is 63.8 Å². The normalized spacial score (nSPS) is 10.7. The van der Waals surface area contributed by atoms with Crippen LogP contribution in [0.2, 0.25) is 5.02 Å². The van der Waals surface area contributed by atoms with E-state index in [1.165, 1.54) is 12.3 Å². The molecule has 6 nitrogen and oxygen atoms in total. The summed E-state index contributed by atoms with van der Waals surface area (Å²) in [6, 6.07) is 8.64. The zero-order valence-electron chi connectivity index (χ0n) is 10.8. The number of nitrogens with zero attached hydrogens (tertiary/aromatic N) is 3. The van der Waals surface area contributed by atoms with Crippen LogP contribution in [0, 0.1) is 0 Å². The summed E-state index contributed by atoms with van der Waals surface area (Å²) in [4.78, 5) is 17.8. The van der Waals surface area contributed by atoms with Crippen molar-refractivity contribution < 1.29 is 5.11 Å². The smallest absolute Gasteiger partial charge is 0.290 e. The van der Waals surface area contributed by atoms with Gasteiger partial charge in [0, 0.05) is 16.8 Å². The van der Waals surface area contributed by atoms with Gasteiger partial charge in [-0.1, -0.05) is 11.6 Å². The van der Waals surface area contributed by atoms with E-state index in [-0.39, 0.29) is 5.75 Å². The van der Waals surface area contributed by atoms with Gasteiger partial charge in [0.2, 0.25) is 0 Å². The summed E-state index contributed by atoms with van der Waals surface area (Å²) >= 11 is 5.84. The number of hydrogen-bond donors (Lipinski definition) is 2. The van der Waals surface area contributed by atoms with Crippen molar-refractivity contribution in [1.29, 1.82) is 0 Å². The Hall–Kier alpha value is -2.60. The maximum absolute atomic E-state index is 11.1. The zero-order valence-corrected chi connectivity index (χ0v) is 11.6. The SMILES string of the molecule is O=c1[nH]cc(Cn2cnc(-c3ccc(Cl)cc3)n2)cc1O. The van der Waals surface area contributed by atoms with E-state index in [1.54, 1.807) is 23.1 Å². The highest BCUT2D eigenvalue weighted by Gasteiger charge is 2.06. The van der Waals surface area contributed by atoms with E-state index in [1.807, 2.05) is 12.1 Å². The van der Waals surface area contributed by atoms with Crippen molar-refractivity contribution in [2.45, 2.75) is 6.54 Å². The molecule has 3 rings (SSSR count). The summed E-state index contributed by atoms with van der Waals surface area (Å²) in [5.74, 6) is 0.269. The van der Waals surface area contributed by atoms with E-state index in [4.69, 9.17) is 11.6 Å². The van der Waals surface area contributed by atoms with Crippen LogP contribution in [-0.4, -0.2) is 24.9 Å². The average Bonchev–Trinajstić information content (AvgIpc) is 2.92. The Morgan fingerprint density at radius 2 is 2.05 bits per heavy atom. The second-order valence-electron chi connectivity index (χ2n) is 4.49. The van der Waals surface area contributed by atoms with Gasteiger partial charge < -0.3 is 10.1 Å². The van der Waals surface area contributed by atoms with Gasteiger partial charge in [-0.15, -0.1) is 0 Å². The van der Waals surface area contributed by atoms with E-state index in [0.29, 0.717) is 17.4 Å². The highest BCUT2D eigenvalue weighted by atomic mass is 35.5. The minimum atomic E-state index is -0.515. The molecule has 7 heteroatoms. The fraction of sp³-hybridized carbons (Fsp3) is 0.0714. The van der Waals surface area contributed by atoms with Crippen LogP contribution in [-0.2, 0) is 6.54 Å². The summed E-state index contributed by atoms with van der Waals surface area (Å²) in [6.45, 7) is 0.394. The number of pyridine rings is 1. The van der Waals surface area contributed by atoms with Gasteiger partial charge in [0.25, 0.3) is 5.56 Å². The van der Waals surface area contributed by atoms with E-state index in [0.717, 1.165) is 11.1 Å². The second-order valence-corrected chi connectivity index (χ2v) is 4.93. The quantitative estimate of drug-likeness (QED) is 0.775. The van der Waals surface area contributed by atoms with E-state index in [2.05, 4.69) is 15.1 Å². The molecule has 2 N–H and O–H groups in total. The van der Waals surface area contributed by atoms with Gasteiger partial charge in [-0.05, 0) is 35.9 Å². The first-order chi connectivity index (χ1) is 10.1. The standard InChI is InChI=1S/C14H11ClN4O2/c15-11-3-1-10(2-4-11)13-17-8-19(18-13)7-9-5-12(20)14(21)16-6-9/h1-6,8,20H,7H2,(H,16,21). The van der Waals surface area contributed by atoms with Crippen molar-refractivity contribution in [2.24, 2.45) is 0 Å². The Morgan fingerprint density at radius 3 is 2.76 bits per heavy atom. The van der Waals surface area contributed by atoms with Crippen LogP contribution in [0.5, 0.6) is 5.75 Å². The molecule has 3 aromatic rings. The largest absolute Gasteiger partial charge is 0.503 e. The second kappa shape index (κ2) is 5.41. The van der Waals surface area contributed by atoms with Crippen molar-refractivity contribution in [1.82, 2.24) is 19.7 Å². The molecule has 0 radical (unpaired) electrons. The summed E-state index contributed by atoms with van der Waals surface area (Å²) < 4.78 is 1.62. The predicted molar refractivity (Wildman–Crippen MR) is 78.3 cm³/mol. The first-order valence-electron chi connectivity index (χ1n) is 6.18. The van der Waals surface area contributed by atoms with Crippen molar-refractivity contribution >= 4 is 11.6 Å². The number of hydrogen-bond acceptors (Lipinski definition) is 4. The monoisotopic (exact) mass is 302 g/mol. The lowest BCUT2D eigenvalue weighted by Gasteiger charge is -2.01. The molecule has 0 aliphatic heterocycles. The zero-order chi connectivity index (χ0) is 14.8. The van der Waals surface area contributed by atoms with Crippen molar-refractivity contribution in [2.75, 3.05) is 0 Å². The average molecular weight is 303 g/mol. The van der Waals surface area contributed by atoms with Gasteiger partial charge in [-0.3, -0.25) is 4.79 Å². The highest BCUT2D eigenvalue weighted by molar-refractivity contribution is 6.30. The first-order valence-corrected chi connectivity index (χ1v) is 6.55. The molecule has 0 aliphatic carbocycles. The van der Waals surface area contributed by atoms with Gasteiger partial charge in [0.1, 0.15) is 6.33 Å². The number of benzene rings is 1. The van der Waals surface area contributed by atoms with Crippen LogP contribution >= 0.6 is 11.6 Å². The van der Waals surface area contributed by atoms with Gasteiger partial charge in [0.15, 0.2) is 11.6 Å². The van der Waals surface area contributed by atoms with Crippen LogP contribution in [0.1, 0.15) is 5.56 Å². The molecule has 2 heterocycles. The fourth-order valence-electron chi connectivity index (χ4n) is 1.90. The van der Waals surface area contributed by atoms with Crippen LogP contribution in [0.15, 0.2) is 47.7 Å². The van der Waals surface area contributed by atoms with E-state index >= 15 is 0 Å². The number of aromatic nitrogens is 4. The molecule has 0 amide bonds. The topological polar surface area (TPSA) is 83.8 Å². The summed E-state index contributed by atoms with van der Waals surface area (Å²) in [7, 11) is 0. The molecule has 2 aromatic heterocycles. The third kappa shape index (κ3) is 2.95. The van der Waals surface area contributed by atoms with Gasteiger partial charge in [-0.2, -0.15) is 5.10 Å². The van der Waals surface area contributed by atoms with Crippen LogP contribution in [0.4, 0.5) is 0 Å². The van der Waals surface area contributed by atoms with Gasteiger partial charge in [-0.25, -0.2) is 9.67 Å². The lowest BCUT2D eigenvalue weighted by molar-refractivity contribution is 0.465. The van der Waals surface area contributed by atoms with E-state index < -0.39 is 5.56 Å². The number of halogens is 1. The van der Waals surface area contributed by atoms with Crippen LogP contribution in [0.25, 0.3) is 11.4 Å². The highest BCUT2D eigenvalue weighted by Crippen LogP contribution is 2.17. The number of aromatic amines is 1. The van der Waals surface area contributed by atoms with Gasteiger partial charge >= 0.3 is 0 Å². The molecule has 0 unspecified atom stereocenters. The van der Waals surface area contributed by atoms with Crippen LogP contribution < -0.4 is 5.56 Å². The first kappa shape index (κ1) is 13.4. The molecular formula is C14H11ClN4O2. The predicted octanol–water partition coefficient (Wildman–Crippen LogP) is 2.04. The molecule has 106 valence electrons. The fourth-order valence-corrected chi connectivity index (χ4v) is 2.02. The summed E-state index contributed by atoms with van der Waals surface area (Å²) in [5, 5.41) is 14.4. The lowest BCUT2D eigenvalue weighted by Crippen LogP contribution is -2.07. The third-order valence-corrected chi connectivity index (χ3v) is 3.18. The Balaban J connectivity index is 1.83. The molecule has 0 fully saturated rings. The minimum absolute atomic E-state index is 0.314. The van der Waals surface area contributed by atoms with E-state index in [9.17, 15) is 9.90 Å². The number of nitrogens with one attached hydrogen (secondary N) is 1. The molecular weight excluding hydrogens is 292 g/mol. The minimum Gasteiger partial charge on any atom is -0.503 e. The van der Waals surface area contributed by atoms with Crippen LogP contribution in [0.3, 0.4) is 0 Å². The molecule has 0 bridgehead atoms. The van der Waals surface area contributed by atoms with Crippen molar-refractivity contribution in [3.8, 4) is 17.1 Å². The Bertz CT molecular complexity index is 823. The molecule has 1 aromatic carbocycles. The lowest BCUT2D eigenvalue weighted by atomic mass is 10.2. The molecule has 0 spiro atoms. The van der Waals surface area contributed by atoms with Crippen molar-refractivity contribution in [3.63, 3.8) is 0 Å². The molecule has 0 saturated heterocycles. The molecule has 0 saturated carbocycles. The number of aromatic hydroxyl groups is 1. The maximum Gasteiger partial charge on any atom is 0.290 e. The van der Waals surface area contributed by atoms with Gasteiger partial charge in [0.05, 0.1) is 6.54 Å².